The molecule has 0 atom stereocenters. The van der Waals surface area contributed by atoms with Gasteiger partial charge in [0.1, 0.15) is 0 Å². The molecule has 0 unspecified atom stereocenters. The fraction of sp³-hybridized carbons (Fsp3) is 0.0476. The Balaban J connectivity index is 1.23. The summed E-state index contributed by atoms with van der Waals surface area (Å²) in [4.78, 5) is 2.39. The third kappa shape index (κ3) is 4.63. The molecular weight excluding hydrogens is 576 g/mol. The van der Waals surface area contributed by atoms with Gasteiger partial charge in [0.2, 0.25) is 11.8 Å². The number of para-hydroxylation sites is 3. The minimum Gasteiger partial charge on any atom is -0.416 e. The summed E-state index contributed by atoms with van der Waals surface area (Å²) in [5.41, 5.74) is 11.1. The van der Waals surface area contributed by atoms with Crippen molar-refractivity contribution < 1.29 is 4.42 Å². The Kier molecular flexibility index (Phi) is 6.53. The SMILES string of the molecule is C1=Cc2c(-c3nnc(-c4ccccc4)o3)ccc(N(c3ccccc3)c3ccc4c(c3)c3ccccc3n4-c3ccccc3)c2CC1. The fourth-order valence-electron chi connectivity index (χ4n) is 6.92. The molecular formula is C42H30N4O. The lowest BCUT2D eigenvalue weighted by Crippen LogP contribution is -2.14. The molecule has 0 bridgehead atoms. The minimum atomic E-state index is 0.520. The van der Waals surface area contributed by atoms with E-state index in [1.807, 2.05) is 30.3 Å². The van der Waals surface area contributed by atoms with Gasteiger partial charge in [-0.15, -0.1) is 10.2 Å². The number of hydrogen-bond donors (Lipinski definition) is 0. The molecule has 0 saturated carbocycles. The highest BCUT2D eigenvalue weighted by Gasteiger charge is 2.24. The van der Waals surface area contributed by atoms with Crippen LogP contribution in [-0.2, 0) is 6.42 Å². The van der Waals surface area contributed by atoms with Gasteiger partial charge in [-0.05, 0) is 96.8 Å². The second-order valence-corrected chi connectivity index (χ2v) is 11.8. The van der Waals surface area contributed by atoms with E-state index >= 15 is 0 Å². The Bertz CT molecular complexity index is 2410. The van der Waals surface area contributed by atoms with Crippen molar-refractivity contribution in [3.05, 3.63) is 163 Å². The molecule has 1 aliphatic rings. The van der Waals surface area contributed by atoms with Crippen LogP contribution in [0.15, 0.2) is 156 Å². The summed E-state index contributed by atoms with van der Waals surface area (Å²) in [5.74, 6) is 1.05. The first-order chi connectivity index (χ1) is 23.3. The first-order valence-corrected chi connectivity index (χ1v) is 16.0. The number of benzene rings is 6. The molecule has 5 heteroatoms. The Morgan fingerprint density at radius 3 is 2.13 bits per heavy atom. The molecule has 0 fully saturated rings. The number of fused-ring (bicyclic) bond motifs is 4. The topological polar surface area (TPSA) is 47.1 Å². The predicted octanol–water partition coefficient (Wildman–Crippen LogP) is 10.9. The van der Waals surface area contributed by atoms with Gasteiger partial charge >= 0.3 is 0 Å². The monoisotopic (exact) mass is 606 g/mol. The van der Waals surface area contributed by atoms with E-state index in [-0.39, 0.29) is 0 Å². The van der Waals surface area contributed by atoms with Crippen molar-refractivity contribution >= 4 is 44.9 Å². The smallest absolute Gasteiger partial charge is 0.248 e. The van der Waals surface area contributed by atoms with Crippen molar-refractivity contribution in [2.24, 2.45) is 0 Å². The van der Waals surface area contributed by atoms with Gasteiger partial charge in [-0.25, -0.2) is 0 Å². The van der Waals surface area contributed by atoms with E-state index in [4.69, 9.17) is 4.42 Å². The van der Waals surface area contributed by atoms with Gasteiger partial charge < -0.3 is 13.9 Å². The molecule has 0 amide bonds. The Hall–Kier alpha value is -6.20. The van der Waals surface area contributed by atoms with E-state index in [2.05, 4.69) is 147 Å². The van der Waals surface area contributed by atoms with E-state index in [0.29, 0.717) is 11.8 Å². The van der Waals surface area contributed by atoms with Crippen LogP contribution in [0.3, 0.4) is 0 Å². The number of anilines is 3. The molecule has 2 aromatic heterocycles. The van der Waals surface area contributed by atoms with Gasteiger partial charge in [-0.1, -0.05) is 84.9 Å². The fourth-order valence-corrected chi connectivity index (χ4v) is 6.92. The van der Waals surface area contributed by atoms with Gasteiger partial charge in [-0.3, -0.25) is 0 Å². The van der Waals surface area contributed by atoms with Crippen LogP contribution in [0.4, 0.5) is 17.1 Å². The van der Waals surface area contributed by atoms with Gasteiger partial charge in [0.05, 0.1) is 11.0 Å². The largest absolute Gasteiger partial charge is 0.416 e. The lowest BCUT2D eigenvalue weighted by atomic mass is 9.90. The maximum atomic E-state index is 6.25. The average Bonchev–Trinajstić information content (AvgIpc) is 3.77. The average molecular weight is 607 g/mol. The molecule has 0 N–H and O–H groups in total. The van der Waals surface area contributed by atoms with Gasteiger partial charge in [0, 0.05) is 44.6 Å². The first kappa shape index (κ1) is 27.1. The molecule has 0 radical (unpaired) electrons. The third-order valence-corrected chi connectivity index (χ3v) is 9.04. The molecule has 0 aliphatic heterocycles. The lowest BCUT2D eigenvalue weighted by molar-refractivity contribution is 0.584. The number of rotatable bonds is 6. The molecule has 1 aliphatic carbocycles. The van der Waals surface area contributed by atoms with Crippen molar-refractivity contribution in [2.75, 3.05) is 4.90 Å². The van der Waals surface area contributed by atoms with Crippen LogP contribution in [0.25, 0.3) is 56.5 Å². The van der Waals surface area contributed by atoms with Gasteiger partial charge in [-0.2, -0.15) is 0 Å². The summed E-state index contributed by atoms with van der Waals surface area (Å²) in [6.07, 6.45) is 6.33. The van der Waals surface area contributed by atoms with Crippen molar-refractivity contribution in [3.8, 4) is 28.6 Å². The zero-order valence-corrected chi connectivity index (χ0v) is 25.6. The summed E-state index contributed by atoms with van der Waals surface area (Å²) in [6, 6.07) is 51.0. The van der Waals surface area contributed by atoms with E-state index in [0.717, 1.165) is 52.3 Å². The van der Waals surface area contributed by atoms with Crippen molar-refractivity contribution in [1.29, 1.82) is 0 Å². The van der Waals surface area contributed by atoms with E-state index < -0.39 is 0 Å². The number of aromatic nitrogens is 3. The minimum absolute atomic E-state index is 0.520. The predicted molar refractivity (Wildman–Crippen MR) is 192 cm³/mol. The third-order valence-electron chi connectivity index (χ3n) is 9.04. The second-order valence-electron chi connectivity index (χ2n) is 11.8. The highest BCUT2D eigenvalue weighted by atomic mass is 16.4. The number of hydrogen-bond acceptors (Lipinski definition) is 4. The van der Waals surface area contributed by atoms with Crippen molar-refractivity contribution in [2.45, 2.75) is 12.8 Å². The molecule has 2 heterocycles. The normalized spacial score (nSPS) is 12.4. The van der Waals surface area contributed by atoms with Crippen LogP contribution in [0.2, 0.25) is 0 Å². The summed E-state index contributed by atoms with van der Waals surface area (Å²) in [6.45, 7) is 0. The highest BCUT2D eigenvalue weighted by Crippen LogP contribution is 2.44. The Morgan fingerprint density at radius 2 is 1.30 bits per heavy atom. The molecule has 224 valence electrons. The van der Waals surface area contributed by atoms with E-state index in [1.54, 1.807) is 0 Å². The molecule has 6 aromatic carbocycles. The molecule has 8 aromatic rings. The van der Waals surface area contributed by atoms with Crippen LogP contribution >= 0.6 is 0 Å². The lowest BCUT2D eigenvalue weighted by Gasteiger charge is -2.30. The maximum Gasteiger partial charge on any atom is 0.248 e. The van der Waals surface area contributed by atoms with Crippen LogP contribution in [0.1, 0.15) is 17.5 Å². The Morgan fingerprint density at radius 1 is 0.596 bits per heavy atom. The van der Waals surface area contributed by atoms with E-state index in [9.17, 15) is 0 Å². The zero-order chi connectivity index (χ0) is 31.2. The zero-order valence-electron chi connectivity index (χ0n) is 25.6. The van der Waals surface area contributed by atoms with Crippen LogP contribution in [-0.4, -0.2) is 14.8 Å². The summed E-state index contributed by atoms with van der Waals surface area (Å²) < 4.78 is 8.61. The molecule has 47 heavy (non-hydrogen) atoms. The van der Waals surface area contributed by atoms with Gasteiger partial charge in [0.25, 0.3) is 0 Å². The van der Waals surface area contributed by atoms with E-state index in [1.165, 1.54) is 27.4 Å². The summed E-state index contributed by atoms with van der Waals surface area (Å²) in [7, 11) is 0. The molecule has 0 spiro atoms. The molecule has 0 saturated heterocycles. The molecule has 5 nitrogen and oxygen atoms in total. The quantitative estimate of drug-likeness (QED) is 0.189. The van der Waals surface area contributed by atoms with Crippen LogP contribution in [0, 0.1) is 0 Å². The van der Waals surface area contributed by atoms with Gasteiger partial charge in [0.15, 0.2) is 0 Å². The number of nitrogens with zero attached hydrogens (tertiary/aromatic N) is 4. The Labute approximate surface area is 272 Å². The molecule has 9 rings (SSSR count). The number of allylic oxidation sites excluding steroid dienone is 1. The van der Waals surface area contributed by atoms with Crippen molar-refractivity contribution in [1.82, 2.24) is 14.8 Å². The summed E-state index contributed by atoms with van der Waals surface area (Å²) >= 11 is 0. The first-order valence-electron chi connectivity index (χ1n) is 16.0. The summed E-state index contributed by atoms with van der Waals surface area (Å²) in [5, 5.41) is 11.3. The standard InChI is InChI=1S/C42H30N4O/c1-4-14-29(15-5-1)41-43-44-42(47-41)36-25-27-39(34-21-11-10-20-33(34)36)45(30-16-6-2-7-17-30)32-24-26-40-37(28-32)35-22-12-13-23-38(35)46(40)31-18-8-3-9-19-31/h1-10,12-20,22-28H,11,21H2. The highest BCUT2D eigenvalue weighted by molar-refractivity contribution is 6.10. The van der Waals surface area contributed by atoms with Crippen molar-refractivity contribution in [3.63, 3.8) is 0 Å². The second kappa shape index (κ2) is 11.3. The maximum absolute atomic E-state index is 6.25. The van der Waals surface area contributed by atoms with Crippen LogP contribution < -0.4 is 4.90 Å². The van der Waals surface area contributed by atoms with Crippen LogP contribution in [0.5, 0.6) is 0 Å².